The molecule has 2 saturated heterocycles. The van der Waals surface area contributed by atoms with Crippen LogP contribution in [0.2, 0.25) is 0 Å². The fourth-order valence-electron chi connectivity index (χ4n) is 2.84. The molecule has 3 rings (SSSR count). The Hall–Kier alpha value is -2.02. The number of thioether (sulfide) groups is 1. The predicted octanol–water partition coefficient (Wildman–Crippen LogP) is 0.720. The van der Waals surface area contributed by atoms with Crippen molar-refractivity contribution in [1.29, 1.82) is 0 Å². The number of carboxylic acids is 1. The highest BCUT2D eigenvalue weighted by molar-refractivity contribution is 8.00. The van der Waals surface area contributed by atoms with Crippen LogP contribution in [0.5, 0.6) is 0 Å². The summed E-state index contributed by atoms with van der Waals surface area (Å²) in [6.07, 6.45) is 0.231. The Morgan fingerprint density at radius 2 is 2.09 bits per heavy atom. The van der Waals surface area contributed by atoms with E-state index in [0.29, 0.717) is 5.75 Å². The quantitative estimate of drug-likeness (QED) is 0.793. The van der Waals surface area contributed by atoms with Gasteiger partial charge in [-0.1, -0.05) is 30.3 Å². The van der Waals surface area contributed by atoms with Gasteiger partial charge in [-0.2, -0.15) is 0 Å². The number of amides is 2. The fraction of sp³-hybridized carbons (Fsp3) is 0.438. The Bertz CT molecular complexity index is 651. The molecule has 122 valence electrons. The van der Waals surface area contributed by atoms with Gasteiger partial charge in [0.25, 0.3) is 0 Å². The van der Waals surface area contributed by atoms with Crippen LogP contribution in [0.1, 0.15) is 12.5 Å². The number of carbonyl (C=O) groups excluding carboxylic acids is 2. The van der Waals surface area contributed by atoms with Crippen LogP contribution >= 0.6 is 11.8 Å². The summed E-state index contributed by atoms with van der Waals surface area (Å²) in [7, 11) is 0. The van der Waals surface area contributed by atoms with Gasteiger partial charge in [0, 0.05) is 12.3 Å². The number of β-lactam (4-membered cyclic amide) rings is 1. The lowest BCUT2D eigenvalue weighted by Gasteiger charge is -2.53. The van der Waals surface area contributed by atoms with E-state index in [1.165, 1.54) is 11.8 Å². The van der Waals surface area contributed by atoms with Gasteiger partial charge >= 0.3 is 5.97 Å². The maximum Gasteiger partial charge on any atom is 0.312 e. The van der Waals surface area contributed by atoms with Crippen LogP contribution in [0.4, 0.5) is 0 Å². The second-order valence-electron chi connectivity index (χ2n) is 6.24. The lowest BCUT2D eigenvalue weighted by Crippen LogP contribution is -2.73. The molecule has 0 saturated carbocycles. The highest BCUT2D eigenvalue weighted by Gasteiger charge is 2.55. The number of carboxylic acid groups (broad SMARTS) is 1. The van der Waals surface area contributed by atoms with Gasteiger partial charge in [-0.15, -0.1) is 11.8 Å². The second-order valence-corrected chi connectivity index (χ2v) is 7.35. The molecule has 0 bridgehead atoms. The van der Waals surface area contributed by atoms with Crippen LogP contribution in [0.15, 0.2) is 30.3 Å². The van der Waals surface area contributed by atoms with Gasteiger partial charge in [0.05, 0.1) is 11.8 Å². The van der Waals surface area contributed by atoms with E-state index in [0.717, 1.165) is 5.56 Å². The monoisotopic (exact) mass is 334 g/mol. The molecule has 2 aliphatic heterocycles. The normalized spacial score (nSPS) is 29.4. The number of carbonyl (C=O) groups is 3. The Balaban J connectivity index is 1.59. The van der Waals surface area contributed by atoms with Crippen LogP contribution in [0, 0.1) is 5.41 Å². The minimum Gasteiger partial charge on any atom is -0.481 e. The molecule has 1 aromatic rings. The molecule has 3 atom stereocenters. The van der Waals surface area contributed by atoms with Gasteiger partial charge in [0.15, 0.2) is 0 Å². The molecule has 0 spiro atoms. The molecule has 0 radical (unpaired) electrons. The van der Waals surface area contributed by atoms with Crippen LogP contribution in [-0.2, 0) is 20.8 Å². The van der Waals surface area contributed by atoms with E-state index in [9.17, 15) is 19.5 Å². The van der Waals surface area contributed by atoms with Crippen molar-refractivity contribution >= 4 is 29.5 Å². The van der Waals surface area contributed by atoms with Crippen LogP contribution in [0.25, 0.3) is 0 Å². The first-order valence-corrected chi connectivity index (χ1v) is 8.44. The highest BCUT2D eigenvalue weighted by Crippen LogP contribution is 2.41. The first-order chi connectivity index (χ1) is 10.9. The number of hydrogen-bond acceptors (Lipinski definition) is 4. The number of hydrogen-bond donors (Lipinski definition) is 2. The third-order valence-corrected chi connectivity index (χ3v) is 5.95. The first-order valence-electron chi connectivity index (χ1n) is 7.39. The molecular formula is C16H18N2O4S. The minimum absolute atomic E-state index is 0.158. The van der Waals surface area contributed by atoms with Crippen molar-refractivity contribution in [1.82, 2.24) is 10.2 Å². The summed E-state index contributed by atoms with van der Waals surface area (Å²) in [5.74, 6) is -0.854. The largest absolute Gasteiger partial charge is 0.481 e. The lowest BCUT2D eigenvalue weighted by atomic mass is 9.89. The smallest absolute Gasteiger partial charge is 0.312 e. The van der Waals surface area contributed by atoms with Gasteiger partial charge in [0.2, 0.25) is 11.8 Å². The maximum atomic E-state index is 12.2. The average molecular weight is 334 g/mol. The number of nitrogens with zero attached hydrogens (tertiary/aromatic N) is 1. The zero-order valence-electron chi connectivity index (χ0n) is 12.7. The summed E-state index contributed by atoms with van der Waals surface area (Å²) in [6.45, 7) is 1.84. The number of rotatable bonds is 4. The molecule has 7 heteroatoms. The second kappa shape index (κ2) is 5.88. The zero-order valence-corrected chi connectivity index (χ0v) is 13.5. The third kappa shape index (κ3) is 2.93. The summed E-state index contributed by atoms with van der Waals surface area (Å²) in [5, 5.41) is 11.9. The molecule has 0 aromatic heterocycles. The Morgan fingerprint density at radius 1 is 1.39 bits per heavy atom. The van der Waals surface area contributed by atoms with Gasteiger partial charge in [0.1, 0.15) is 11.4 Å². The molecular weight excluding hydrogens is 316 g/mol. The maximum absolute atomic E-state index is 12.2. The molecule has 2 amide bonds. The van der Waals surface area contributed by atoms with E-state index >= 15 is 0 Å². The molecule has 2 N–H and O–H groups in total. The minimum atomic E-state index is -0.921. The number of nitrogens with one attached hydrogen (secondary N) is 1. The molecule has 2 fully saturated rings. The Morgan fingerprint density at radius 3 is 2.74 bits per heavy atom. The predicted molar refractivity (Wildman–Crippen MR) is 85.8 cm³/mol. The van der Waals surface area contributed by atoms with Gasteiger partial charge in [-0.3, -0.25) is 14.4 Å². The third-order valence-electron chi connectivity index (χ3n) is 4.27. The zero-order chi connectivity index (χ0) is 16.6. The van der Waals surface area contributed by atoms with Crippen LogP contribution < -0.4 is 5.32 Å². The lowest BCUT2D eigenvalue weighted by molar-refractivity contribution is -0.157. The summed E-state index contributed by atoms with van der Waals surface area (Å²) >= 11 is 1.42. The molecule has 0 aliphatic carbocycles. The molecule has 23 heavy (non-hydrogen) atoms. The summed E-state index contributed by atoms with van der Waals surface area (Å²) in [4.78, 5) is 37.1. The number of aliphatic carboxylic acids is 1. The van der Waals surface area contributed by atoms with E-state index in [1.54, 1.807) is 11.8 Å². The van der Waals surface area contributed by atoms with Crippen LogP contribution in [-0.4, -0.2) is 51.5 Å². The number of benzene rings is 1. The standard InChI is InChI=1S/C16H18N2O4S/c1-16(15(21)22)8-18-13(20)12(14(18)23-9-16)17-11(19)7-10-5-3-2-4-6-10/h2-6,12,14H,7-9H2,1H3,(H,17,19)(H,21,22)/t12?,14-,16?/m1/s1. The van der Waals surface area contributed by atoms with E-state index in [4.69, 9.17) is 0 Å². The van der Waals surface area contributed by atoms with Crippen molar-refractivity contribution in [3.8, 4) is 0 Å². The average Bonchev–Trinajstić information content (AvgIpc) is 2.53. The summed E-state index contributed by atoms with van der Waals surface area (Å²) in [6, 6.07) is 8.79. The first kappa shape index (κ1) is 15.9. The van der Waals surface area contributed by atoms with E-state index in [2.05, 4.69) is 5.32 Å². The topological polar surface area (TPSA) is 86.7 Å². The molecule has 2 heterocycles. The fourth-order valence-corrected chi connectivity index (χ4v) is 4.33. The molecule has 2 aliphatic rings. The van der Waals surface area contributed by atoms with Crippen molar-refractivity contribution in [2.45, 2.75) is 24.8 Å². The Labute approximate surface area is 138 Å². The molecule has 6 nitrogen and oxygen atoms in total. The van der Waals surface area contributed by atoms with Crippen molar-refractivity contribution < 1.29 is 19.5 Å². The van der Waals surface area contributed by atoms with Crippen molar-refractivity contribution in [3.63, 3.8) is 0 Å². The molecule has 2 unspecified atom stereocenters. The van der Waals surface area contributed by atoms with Gasteiger partial charge in [-0.25, -0.2) is 0 Å². The Kier molecular flexibility index (Phi) is 4.06. The SMILES string of the molecule is CC1(C(=O)O)CS[C@@H]2C(NC(=O)Cc3ccccc3)C(=O)N2C1. The summed E-state index contributed by atoms with van der Waals surface area (Å²) in [5.41, 5.74) is -0.0288. The highest BCUT2D eigenvalue weighted by atomic mass is 32.2. The van der Waals surface area contributed by atoms with Crippen LogP contribution in [0.3, 0.4) is 0 Å². The van der Waals surface area contributed by atoms with Crippen molar-refractivity contribution in [2.24, 2.45) is 5.41 Å². The van der Waals surface area contributed by atoms with E-state index in [1.807, 2.05) is 30.3 Å². The van der Waals surface area contributed by atoms with Crippen molar-refractivity contribution in [3.05, 3.63) is 35.9 Å². The van der Waals surface area contributed by atoms with E-state index < -0.39 is 17.4 Å². The summed E-state index contributed by atoms with van der Waals surface area (Å²) < 4.78 is 0. The van der Waals surface area contributed by atoms with Crippen molar-refractivity contribution in [2.75, 3.05) is 12.3 Å². The number of fused-ring (bicyclic) bond motifs is 1. The molecule has 1 aromatic carbocycles. The van der Waals surface area contributed by atoms with Gasteiger partial charge < -0.3 is 15.3 Å². The van der Waals surface area contributed by atoms with E-state index in [-0.39, 0.29) is 30.2 Å². The van der Waals surface area contributed by atoms with Gasteiger partial charge in [-0.05, 0) is 12.5 Å².